The van der Waals surface area contributed by atoms with Crippen molar-refractivity contribution < 1.29 is 23.2 Å². The van der Waals surface area contributed by atoms with Gasteiger partial charge in [-0.1, -0.05) is 17.7 Å². The van der Waals surface area contributed by atoms with E-state index in [0.29, 0.717) is 0 Å². The van der Waals surface area contributed by atoms with Crippen molar-refractivity contribution in [2.75, 3.05) is 4.72 Å². The third kappa shape index (κ3) is 3.83. The number of aromatic carboxylic acids is 1. The fourth-order valence-electron chi connectivity index (χ4n) is 1.83. The summed E-state index contributed by atoms with van der Waals surface area (Å²) in [6.07, 6.45) is 0. The second kappa shape index (κ2) is 6.05. The molecule has 0 bridgehead atoms. The van der Waals surface area contributed by atoms with E-state index in [4.69, 9.17) is 5.11 Å². The van der Waals surface area contributed by atoms with Crippen molar-refractivity contribution in [2.45, 2.75) is 11.8 Å². The number of anilines is 1. The molecule has 0 radical (unpaired) electrons. The van der Waals surface area contributed by atoms with Crippen molar-refractivity contribution >= 4 is 27.4 Å². The summed E-state index contributed by atoms with van der Waals surface area (Å²) in [5, 5.41) is 19.8. The highest BCUT2D eigenvalue weighted by atomic mass is 32.2. The first-order chi connectivity index (χ1) is 10.7. The lowest BCUT2D eigenvalue weighted by atomic mass is 10.2. The van der Waals surface area contributed by atoms with Gasteiger partial charge in [-0.15, -0.1) is 0 Å². The van der Waals surface area contributed by atoms with E-state index >= 15 is 0 Å². The lowest BCUT2D eigenvalue weighted by Crippen LogP contribution is -2.13. The van der Waals surface area contributed by atoms with Crippen LogP contribution in [-0.2, 0) is 10.0 Å². The van der Waals surface area contributed by atoms with Crippen LogP contribution in [0, 0.1) is 17.0 Å². The zero-order valence-electron chi connectivity index (χ0n) is 11.9. The second-order valence-corrected chi connectivity index (χ2v) is 6.43. The molecule has 0 unspecified atom stereocenters. The Morgan fingerprint density at radius 2 is 1.78 bits per heavy atom. The van der Waals surface area contributed by atoms with Crippen LogP contribution in [-0.4, -0.2) is 24.4 Å². The number of aryl methyl sites for hydroxylation is 1. The maximum atomic E-state index is 12.2. The Bertz CT molecular complexity index is 842. The van der Waals surface area contributed by atoms with Crippen LogP contribution >= 0.6 is 0 Å². The summed E-state index contributed by atoms with van der Waals surface area (Å²) in [4.78, 5) is 21.0. The number of nitrogens with one attached hydrogen (secondary N) is 1. The molecule has 0 spiro atoms. The number of carbonyl (C=O) groups is 1. The molecule has 0 aliphatic rings. The van der Waals surface area contributed by atoms with Crippen molar-refractivity contribution in [3.05, 3.63) is 63.7 Å². The van der Waals surface area contributed by atoms with Gasteiger partial charge in [-0.2, -0.15) is 0 Å². The Morgan fingerprint density at radius 3 is 2.30 bits per heavy atom. The van der Waals surface area contributed by atoms with Gasteiger partial charge in [0, 0.05) is 12.1 Å². The predicted molar refractivity (Wildman–Crippen MR) is 82.0 cm³/mol. The van der Waals surface area contributed by atoms with Gasteiger partial charge in [0.15, 0.2) is 0 Å². The van der Waals surface area contributed by atoms with Crippen LogP contribution in [0.5, 0.6) is 0 Å². The van der Waals surface area contributed by atoms with Crippen LogP contribution in [0.2, 0.25) is 0 Å². The van der Waals surface area contributed by atoms with E-state index in [2.05, 4.69) is 4.72 Å². The molecule has 0 aromatic heterocycles. The summed E-state index contributed by atoms with van der Waals surface area (Å²) >= 11 is 0. The summed E-state index contributed by atoms with van der Waals surface area (Å²) in [7, 11) is -3.98. The molecule has 9 heteroatoms. The van der Waals surface area contributed by atoms with Gasteiger partial charge in [-0.25, -0.2) is 13.2 Å². The number of carboxylic acid groups (broad SMARTS) is 1. The molecule has 2 rings (SSSR count). The van der Waals surface area contributed by atoms with Gasteiger partial charge in [0.25, 0.3) is 15.7 Å². The SMILES string of the molecule is Cc1ccc(S(=O)(=O)Nc2cc(C(=O)O)cc([N+](=O)[O-])c2)cc1. The molecular weight excluding hydrogens is 324 g/mol. The number of nitro benzene ring substituents is 1. The second-order valence-electron chi connectivity index (χ2n) is 4.75. The number of non-ortho nitro benzene ring substituents is 1. The van der Waals surface area contributed by atoms with Crippen molar-refractivity contribution in [3.63, 3.8) is 0 Å². The third-order valence-electron chi connectivity index (χ3n) is 2.96. The Labute approximate surface area is 131 Å². The highest BCUT2D eigenvalue weighted by Crippen LogP contribution is 2.23. The normalized spacial score (nSPS) is 11.0. The molecule has 0 saturated carbocycles. The summed E-state index contributed by atoms with van der Waals surface area (Å²) in [6.45, 7) is 1.80. The van der Waals surface area contributed by atoms with E-state index in [1.807, 2.05) is 0 Å². The van der Waals surface area contributed by atoms with Gasteiger partial charge < -0.3 is 5.11 Å². The Morgan fingerprint density at radius 1 is 1.17 bits per heavy atom. The van der Waals surface area contributed by atoms with Crippen molar-refractivity contribution in [3.8, 4) is 0 Å². The molecule has 0 fully saturated rings. The fraction of sp³-hybridized carbons (Fsp3) is 0.0714. The number of hydrogen-bond acceptors (Lipinski definition) is 5. The monoisotopic (exact) mass is 336 g/mol. The van der Waals surface area contributed by atoms with Gasteiger partial charge >= 0.3 is 5.97 Å². The molecule has 2 aromatic rings. The van der Waals surface area contributed by atoms with Gasteiger partial charge in [0.05, 0.1) is 21.1 Å². The minimum Gasteiger partial charge on any atom is -0.478 e. The standard InChI is InChI=1S/C14H12N2O6S/c1-9-2-4-13(5-3-9)23(21,22)15-11-6-10(14(17)18)7-12(8-11)16(19)20/h2-8,15H,1H3,(H,17,18). The predicted octanol–water partition coefficient (Wildman–Crippen LogP) is 2.40. The van der Waals surface area contributed by atoms with Crippen LogP contribution in [0.15, 0.2) is 47.4 Å². The highest BCUT2D eigenvalue weighted by molar-refractivity contribution is 7.92. The first-order valence-electron chi connectivity index (χ1n) is 6.31. The van der Waals surface area contributed by atoms with E-state index in [0.717, 1.165) is 23.8 Å². The van der Waals surface area contributed by atoms with Gasteiger partial charge in [-0.3, -0.25) is 14.8 Å². The Balaban J connectivity index is 2.44. The molecule has 0 aliphatic carbocycles. The number of nitro groups is 1. The lowest BCUT2D eigenvalue weighted by molar-refractivity contribution is -0.384. The van der Waals surface area contributed by atoms with E-state index in [9.17, 15) is 23.3 Å². The fourth-order valence-corrected chi connectivity index (χ4v) is 2.87. The first kappa shape index (κ1) is 16.4. The molecule has 23 heavy (non-hydrogen) atoms. The van der Waals surface area contributed by atoms with Gasteiger partial charge in [0.1, 0.15) is 0 Å². The molecule has 120 valence electrons. The summed E-state index contributed by atoms with van der Waals surface area (Å²) in [5.41, 5.74) is -0.239. The Hall–Kier alpha value is -2.94. The average molecular weight is 336 g/mol. The zero-order valence-corrected chi connectivity index (χ0v) is 12.7. The lowest BCUT2D eigenvalue weighted by Gasteiger charge is -2.09. The summed E-state index contributed by atoms with van der Waals surface area (Å²) in [6, 6.07) is 8.79. The quantitative estimate of drug-likeness (QED) is 0.637. The molecule has 0 atom stereocenters. The number of benzene rings is 2. The van der Waals surface area contributed by atoms with Crippen LogP contribution in [0.4, 0.5) is 11.4 Å². The maximum absolute atomic E-state index is 12.2. The molecule has 2 aromatic carbocycles. The van der Waals surface area contributed by atoms with Crippen LogP contribution in [0.3, 0.4) is 0 Å². The number of nitrogens with zero attached hydrogens (tertiary/aromatic N) is 1. The zero-order chi connectivity index (χ0) is 17.2. The van der Waals surface area contributed by atoms with E-state index in [1.54, 1.807) is 19.1 Å². The van der Waals surface area contributed by atoms with E-state index in [1.165, 1.54) is 12.1 Å². The Kier molecular flexibility index (Phi) is 4.32. The number of sulfonamides is 1. The van der Waals surface area contributed by atoms with Crippen molar-refractivity contribution in [1.29, 1.82) is 0 Å². The number of rotatable bonds is 5. The summed E-state index contributed by atoms with van der Waals surface area (Å²) in [5.74, 6) is -1.40. The smallest absolute Gasteiger partial charge is 0.336 e. The molecule has 0 heterocycles. The molecule has 8 nitrogen and oxygen atoms in total. The molecule has 0 amide bonds. The van der Waals surface area contributed by atoms with Gasteiger partial charge in [0.2, 0.25) is 0 Å². The van der Waals surface area contributed by atoms with Crippen LogP contribution in [0.25, 0.3) is 0 Å². The van der Waals surface area contributed by atoms with E-state index < -0.39 is 26.6 Å². The summed E-state index contributed by atoms with van der Waals surface area (Å²) < 4.78 is 26.6. The average Bonchev–Trinajstić information content (AvgIpc) is 2.46. The first-order valence-corrected chi connectivity index (χ1v) is 7.79. The highest BCUT2D eigenvalue weighted by Gasteiger charge is 2.18. The van der Waals surface area contributed by atoms with Crippen LogP contribution < -0.4 is 4.72 Å². The van der Waals surface area contributed by atoms with Gasteiger partial charge in [-0.05, 0) is 25.1 Å². The topological polar surface area (TPSA) is 127 Å². The molecular formula is C14H12N2O6S. The molecule has 2 N–H and O–H groups in total. The maximum Gasteiger partial charge on any atom is 0.336 e. The molecule has 0 aliphatic heterocycles. The largest absolute Gasteiger partial charge is 0.478 e. The van der Waals surface area contributed by atoms with E-state index in [-0.39, 0.29) is 16.1 Å². The van der Waals surface area contributed by atoms with Crippen molar-refractivity contribution in [1.82, 2.24) is 0 Å². The minimum absolute atomic E-state index is 0.0357. The van der Waals surface area contributed by atoms with Crippen LogP contribution in [0.1, 0.15) is 15.9 Å². The molecule has 0 saturated heterocycles. The van der Waals surface area contributed by atoms with Crippen molar-refractivity contribution in [2.24, 2.45) is 0 Å². The number of hydrogen-bond donors (Lipinski definition) is 2. The minimum atomic E-state index is -3.98. The third-order valence-corrected chi connectivity index (χ3v) is 4.36. The number of carboxylic acids is 1.